The van der Waals surface area contributed by atoms with Gasteiger partial charge < -0.3 is 5.32 Å². The van der Waals surface area contributed by atoms with Crippen LogP contribution in [0, 0.1) is 0 Å². The fraction of sp³-hybridized carbons (Fsp3) is 0.647. The third kappa shape index (κ3) is 2.61. The summed E-state index contributed by atoms with van der Waals surface area (Å²) in [6, 6.07) is 1.35. The lowest BCUT2D eigenvalue weighted by molar-refractivity contribution is 0.461. The number of aromatic nitrogens is 2. The molecule has 0 aliphatic heterocycles. The van der Waals surface area contributed by atoms with E-state index in [0.29, 0.717) is 6.04 Å². The molecule has 22 heavy (non-hydrogen) atoms. The first-order chi connectivity index (χ1) is 10.8. The molecule has 4 nitrogen and oxygen atoms in total. The molecule has 0 bridgehead atoms. The van der Waals surface area contributed by atoms with Gasteiger partial charge in [0, 0.05) is 23.5 Å². The Kier molecular flexibility index (Phi) is 3.78. The fourth-order valence-corrected chi connectivity index (χ4v) is 4.67. The molecule has 1 N–H and O–H groups in total. The maximum atomic E-state index is 12.8. The molecule has 1 unspecified atom stereocenters. The summed E-state index contributed by atoms with van der Waals surface area (Å²) in [6.07, 6.45) is 9.78. The molecule has 5 heteroatoms. The largest absolute Gasteiger partial charge is 0.311 e. The average molecular weight is 317 g/mol. The van der Waals surface area contributed by atoms with Crippen molar-refractivity contribution in [2.45, 2.75) is 70.5 Å². The van der Waals surface area contributed by atoms with E-state index in [0.717, 1.165) is 54.9 Å². The van der Waals surface area contributed by atoms with Crippen LogP contribution in [0.3, 0.4) is 0 Å². The molecule has 0 amide bonds. The van der Waals surface area contributed by atoms with Gasteiger partial charge in [-0.2, -0.15) is 0 Å². The Balaban J connectivity index is 1.67. The van der Waals surface area contributed by atoms with E-state index in [-0.39, 0.29) is 5.56 Å². The zero-order valence-corrected chi connectivity index (χ0v) is 13.9. The van der Waals surface area contributed by atoms with Gasteiger partial charge in [-0.3, -0.25) is 9.36 Å². The van der Waals surface area contributed by atoms with Gasteiger partial charge in [0.15, 0.2) is 0 Å². The molecule has 2 heterocycles. The minimum Gasteiger partial charge on any atom is -0.311 e. The van der Waals surface area contributed by atoms with E-state index in [1.807, 2.05) is 0 Å². The van der Waals surface area contributed by atoms with Crippen molar-refractivity contribution < 1.29 is 0 Å². The predicted octanol–water partition coefficient (Wildman–Crippen LogP) is 2.87. The van der Waals surface area contributed by atoms with Crippen LogP contribution in [0.1, 0.15) is 49.5 Å². The maximum absolute atomic E-state index is 12.8. The maximum Gasteiger partial charge on any atom is 0.262 e. The van der Waals surface area contributed by atoms with Gasteiger partial charge in [0.25, 0.3) is 5.56 Å². The second-order valence-electron chi connectivity index (χ2n) is 6.66. The second-order valence-corrected chi connectivity index (χ2v) is 7.74. The summed E-state index contributed by atoms with van der Waals surface area (Å²) >= 11 is 1.73. The smallest absolute Gasteiger partial charge is 0.262 e. The van der Waals surface area contributed by atoms with E-state index >= 15 is 0 Å². The normalized spacial score (nSPS) is 21.2. The number of rotatable bonds is 5. The second kappa shape index (κ2) is 5.78. The highest BCUT2D eigenvalue weighted by Crippen LogP contribution is 2.34. The highest BCUT2D eigenvalue weighted by atomic mass is 32.1. The van der Waals surface area contributed by atoms with Crippen molar-refractivity contribution in [3.8, 4) is 0 Å². The van der Waals surface area contributed by atoms with Crippen molar-refractivity contribution in [1.29, 1.82) is 0 Å². The van der Waals surface area contributed by atoms with Gasteiger partial charge in [0.2, 0.25) is 0 Å². The SMILES string of the molecule is CCCCn1cnc2sc3c(c2c1=O)CCC(NC1CC1)C3. The zero-order valence-electron chi connectivity index (χ0n) is 13.1. The van der Waals surface area contributed by atoms with Gasteiger partial charge >= 0.3 is 0 Å². The highest BCUT2D eigenvalue weighted by Gasteiger charge is 2.29. The zero-order chi connectivity index (χ0) is 15.1. The van der Waals surface area contributed by atoms with Gasteiger partial charge in [-0.15, -0.1) is 11.3 Å². The Morgan fingerprint density at radius 3 is 3.00 bits per heavy atom. The van der Waals surface area contributed by atoms with Gasteiger partial charge in [0.05, 0.1) is 11.7 Å². The Hall–Kier alpha value is -1.20. The summed E-state index contributed by atoms with van der Waals surface area (Å²) < 4.78 is 1.80. The predicted molar refractivity (Wildman–Crippen MR) is 90.8 cm³/mol. The molecule has 1 saturated carbocycles. The number of fused-ring (bicyclic) bond motifs is 3. The molecular formula is C17H23N3OS. The van der Waals surface area contributed by atoms with E-state index in [1.54, 1.807) is 22.2 Å². The number of hydrogen-bond acceptors (Lipinski definition) is 4. The van der Waals surface area contributed by atoms with Crippen LogP contribution in [-0.4, -0.2) is 21.6 Å². The minimum absolute atomic E-state index is 0.171. The molecule has 2 aromatic rings. The molecule has 1 fully saturated rings. The lowest BCUT2D eigenvalue weighted by atomic mass is 9.93. The van der Waals surface area contributed by atoms with Crippen molar-refractivity contribution >= 4 is 21.6 Å². The van der Waals surface area contributed by atoms with Crippen molar-refractivity contribution in [2.75, 3.05) is 0 Å². The summed E-state index contributed by atoms with van der Waals surface area (Å²) in [4.78, 5) is 19.6. The molecule has 0 spiro atoms. The number of hydrogen-bond donors (Lipinski definition) is 1. The topological polar surface area (TPSA) is 46.9 Å². The molecule has 118 valence electrons. The quantitative estimate of drug-likeness (QED) is 0.922. The van der Waals surface area contributed by atoms with Crippen LogP contribution in [0.2, 0.25) is 0 Å². The Labute approximate surface area is 134 Å². The molecular weight excluding hydrogens is 294 g/mol. The van der Waals surface area contributed by atoms with Gasteiger partial charge in [-0.1, -0.05) is 13.3 Å². The summed E-state index contributed by atoms with van der Waals surface area (Å²) in [5.41, 5.74) is 1.46. The third-order valence-corrected chi connectivity index (χ3v) is 6.00. The first-order valence-corrected chi connectivity index (χ1v) is 9.33. The average Bonchev–Trinajstić information content (AvgIpc) is 3.24. The monoisotopic (exact) mass is 317 g/mol. The van der Waals surface area contributed by atoms with Crippen LogP contribution in [-0.2, 0) is 19.4 Å². The Bertz CT molecular complexity index is 744. The Morgan fingerprint density at radius 2 is 2.23 bits per heavy atom. The molecule has 1 atom stereocenters. The lowest BCUT2D eigenvalue weighted by Gasteiger charge is -2.23. The lowest BCUT2D eigenvalue weighted by Crippen LogP contribution is -2.35. The van der Waals surface area contributed by atoms with E-state index in [4.69, 9.17) is 0 Å². The fourth-order valence-electron chi connectivity index (χ4n) is 3.41. The molecule has 0 saturated heterocycles. The van der Waals surface area contributed by atoms with Crippen molar-refractivity contribution in [1.82, 2.24) is 14.9 Å². The summed E-state index contributed by atoms with van der Waals surface area (Å²) in [6.45, 7) is 2.94. The number of nitrogens with one attached hydrogen (secondary N) is 1. The molecule has 0 radical (unpaired) electrons. The van der Waals surface area contributed by atoms with E-state index < -0.39 is 0 Å². The molecule has 4 rings (SSSR count). The third-order valence-electron chi connectivity index (χ3n) is 4.84. The van der Waals surface area contributed by atoms with Crippen LogP contribution in [0.15, 0.2) is 11.1 Å². The number of nitrogens with zero attached hydrogens (tertiary/aromatic N) is 2. The van der Waals surface area contributed by atoms with Crippen molar-refractivity contribution in [2.24, 2.45) is 0 Å². The van der Waals surface area contributed by atoms with Crippen LogP contribution in [0.25, 0.3) is 10.2 Å². The molecule has 2 aliphatic carbocycles. The van der Waals surface area contributed by atoms with E-state index in [9.17, 15) is 4.79 Å². The first-order valence-electron chi connectivity index (χ1n) is 8.52. The van der Waals surface area contributed by atoms with E-state index in [1.165, 1.54) is 23.3 Å². The highest BCUT2D eigenvalue weighted by molar-refractivity contribution is 7.18. The number of thiophene rings is 1. The van der Waals surface area contributed by atoms with E-state index in [2.05, 4.69) is 17.2 Å². The number of aryl methyl sites for hydroxylation is 2. The van der Waals surface area contributed by atoms with Crippen LogP contribution < -0.4 is 10.9 Å². The Morgan fingerprint density at radius 1 is 1.36 bits per heavy atom. The van der Waals surface area contributed by atoms with Crippen LogP contribution >= 0.6 is 11.3 Å². The molecule has 2 aliphatic rings. The van der Waals surface area contributed by atoms with Crippen molar-refractivity contribution in [3.05, 3.63) is 27.1 Å². The number of unbranched alkanes of at least 4 members (excludes halogenated alkanes) is 1. The molecule has 0 aromatic carbocycles. The van der Waals surface area contributed by atoms with Crippen molar-refractivity contribution in [3.63, 3.8) is 0 Å². The molecule has 2 aromatic heterocycles. The minimum atomic E-state index is 0.171. The van der Waals surface area contributed by atoms with Gasteiger partial charge in [-0.05, 0) is 44.1 Å². The first kappa shape index (κ1) is 14.4. The van der Waals surface area contributed by atoms with Crippen LogP contribution in [0.5, 0.6) is 0 Å². The van der Waals surface area contributed by atoms with Gasteiger partial charge in [-0.25, -0.2) is 4.98 Å². The van der Waals surface area contributed by atoms with Crippen LogP contribution in [0.4, 0.5) is 0 Å². The summed E-state index contributed by atoms with van der Waals surface area (Å²) in [7, 11) is 0. The standard InChI is InChI=1S/C17H23N3OS/c1-2-3-8-20-10-18-16-15(17(20)21)13-7-6-12(9-14(13)22-16)19-11-4-5-11/h10-12,19H,2-9H2,1H3. The summed E-state index contributed by atoms with van der Waals surface area (Å²) in [5, 5.41) is 4.64. The van der Waals surface area contributed by atoms with Gasteiger partial charge in [0.1, 0.15) is 4.83 Å². The summed E-state index contributed by atoms with van der Waals surface area (Å²) in [5.74, 6) is 0.